The summed E-state index contributed by atoms with van der Waals surface area (Å²) in [7, 11) is 0. The summed E-state index contributed by atoms with van der Waals surface area (Å²) in [6.07, 6.45) is 3.31. The number of hydrogen-bond donors (Lipinski definition) is 2. The Bertz CT molecular complexity index is 1030. The van der Waals surface area contributed by atoms with Gasteiger partial charge in [-0.15, -0.1) is 0 Å². The molecule has 2 aromatic carbocycles. The van der Waals surface area contributed by atoms with E-state index >= 15 is 0 Å². The summed E-state index contributed by atoms with van der Waals surface area (Å²) in [5.41, 5.74) is 4.63. The summed E-state index contributed by atoms with van der Waals surface area (Å²) >= 11 is 0. The lowest BCUT2D eigenvalue weighted by Gasteiger charge is -2.27. The zero-order valence-corrected chi connectivity index (χ0v) is 18.4. The first-order chi connectivity index (χ1) is 16.0. The second-order valence-corrected chi connectivity index (χ2v) is 9.20. The van der Waals surface area contributed by atoms with Crippen LogP contribution in [0.25, 0.3) is 11.1 Å². The lowest BCUT2D eigenvalue weighted by molar-refractivity contribution is -0.147. The van der Waals surface area contributed by atoms with Crippen LogP contribution in [0.3, 0.4) is 0 Å². The molecule has 0 saturated heterocycles. The number of nitrogens with zero attached hydrogens (tertiary/aromatic N) is 1. The van der Waals surface area contributed by atoms with Gasteiger partial charge in [-0.1, -0.05) is 55.0 Å². The maximum Gasteiger partial charge on any atom is 0.407 e. The molecule has 3 aliphatic carbocycles. The molecule has 5 rings (SSSR count). The molecule has 0 radical (unpaired) electrons. The molecule has 172 valence electrons. The van der Waals surface area contributed by atoms with Crippen LogP contribution in [0.4, 0.5) is 4.79 Å². The van der Waals surface area contributed by atoms with Gasteiger partial charge in [-0.25, -0.2) is 4.79 Å². The van der Waals surface area contributed by atoms with E-state index in [1.165, 1.54) is 16.0 Å². The smallest absolute Gasteiger partial charge is 0.407 e. The Morgan fingerprint density at radius 1 is 0.939 bits per heavy atom. The van der Waals surface area contributed by atoms with Crippen molar-refractivity contribution < 1.29 is 24.2 Å². The molecule has 7 heteroatoms. The van der Waals surface area contributed by atoms with Gasteiger partial charge >= 0.3 is 12.1 Å². The molecule has 2 amide bonds. The van der Waals surface area contributed by atoms with Gasteiger partial charge in [0.15, 0.2) is 0 Å². The molecule has 2 N–H and O–H groups in total. The van der Waals surface area contributed by atoms with Crippen molar-refractivity contribution in [3.8, 4) is 11.1 Å². The Morgan fingerprint density at radius 3 is 2.18 bits per heavy atom. The van der Waals surface area contributed by atoms with Crippen LogP contribution >= 0.6 is 0 Å². The number of fused-ring (bicyclic) bond motifs is 3. The van der Waals surface area contributed by atoms with Crippen LogP contribution in [0.2, 0.25) is 0 Å². The van der Waals surface area contributed by atoms with Crippen LogP contribution in [-0.2, 0) is 14.3 Å². The van der Waals surface area contributed by atoms with Crippen molar-refractivity contribution in [3.63, 3.8) is 0 Å². The third kappa shape index (κ3) is 4.32. The molecule has 2 fully saturated rings. The third-order valence-corrected chi connectivity index (χ3v) is 7.06. The van der Waals surface area contributed by atoms with Crippen LogP contribution in [0, 0.1) is 5.92 Å². The predicted octanol–water partition coefficient (Wildman–Crippen LogP) is 3.77. The van der Waals surface area contributed by atoms with Crippen LogP contribution in [0.5, 0.6) is 0 Å². The molecule has 0 heterocycles. The van der Waals surface area contributed by atoms with Crippen LogP contribution in [0.15, 0.2) is 48.5 Å². The number of carbonyl (C=O) groups is 3. The number of nitrogens with one attached hydrogen (secondary N) is 1. The first-order valence-corrected chi connectivity index (χ1v) is 11.7. The van der Waals surface area contributed by atoms with Gasteiger partial charge in [-0.2, -0.15) is 0 Å². The number of benzene rings is 2. The molecule has 0 spiro atoms. The number of hydrogen-bond acceptors (Lipinski definition) is 4. The molecule has 0 bridgehead atoms. The maximum atomic E-state index is 13.1. The number of amides is 2. The van der Waals surface area contributed by atoms with Crippen LogP contribution in [0.1, 0.15) is 49.1 Å². The number of aliphatic carboxylic acids is 1. The predicted molar refractivity (Wildman–Crippen MR) is 122 cm³/mol. The number of carboxylic acids is 1. The van der Waals surface area contributed by atoms with Gasteiger partial charge in [0.1, 0.15) is 13.2 Å². The average Bonchev–Trinajstić information content (AvgIpc) is 3.47. The highest BCUT2D eigenvalue weighted by atomic mass is 16.5. The van der Waals surface area contributed by atoms with E-state index in [0.29, 0.717) is 12.8 Å². The standard InChI is InChI=1S/C26H28N2O5/c29-24(30)14-28(16-12-13-16)25(31)21-10-5-11-23(21)27-26(32)33-15-22-19-8-3-1-6-17(19)18-7-2-4-9-20(18)22/h1-4,6-9,16,21-23H,5,10-15H2,(H,27,32)(H,29,30)/t21-,23+/m0/s1. The van der Waals surface area contributed by atoms with Gasteiger partial charge in [0, 0.05) is 18.0 Å². The molecule has 0 unspecified atom stereocenters. The molecule has 2 saturated carbocycles. The fraction of sp³-hybridized carbons (Fsp3) is 0.423. The fourth-order valence-corrected chi connectivity index (χ4v) is 5.35. The Labute approximate surface area is 192 Å². The van der Waals surface area contributed by atoms with Gasteiger partial charge in [-0.3, -0.25) is 9.59 Å². The third-order valence-electron chi connectivity index (χ3n) is 7.06. The van der Waals surface area contributed by atoms with Gasteiger partial charge in [0.05, 0.1) is 5.92 Å². The fourth-order valence-electron chi connectivity index (χ4n) is 5.35. The van der Waals surface area contributed by atoms with E-state index in [2.05, 4.69) is 29.6 Å². The summed E-state index contributed by atoms with van der Waals surface area (Å²) in [5.74, 6) is -1.59. The van der Waals surface area contributed by atoms with E-state index in [-0.39, 0.29) is 37.1 Å². The Morgan fingerprint density at radius 2 is 1.58 bits per heavy atom. The second-order valence-electron chi connectivity index (χ2n) is 9.20. The first kappa shape index (κ1) is 21.5. The number of ether oxygens (including phenoxy) is 1. The highest BCUT2D eigenvalue weighted by molar-refractivity contribution is 5.85. The molecule has 2 atom stereocenters. The largest absolute Gasteiger partial charge is 0.480 e. The van der Waals surface area contributed by atoms with Crippen molar-refractivity contribution in [2.75, 3.05) is 13.2 Å². The summed E-state index contributed by atoms with van der Waals surface area (Å²) < 4.78 is 5.65. The molecular formula is C26H28N2O5. The normalized spacial score (nSPS) is 21.2. The molecule has 0 aliphatic heterocycles. The van der Waals surface area contributed by atoms with Gasteiger partial charge < -0.3 is 20.1 Å². The van der Waals surface area contributed by atoms with E-state index in [4.69, 9.17) is 4.74 Å². The Kier molecular flexibility index (Phi) is 5.79. The van der Waals surface area contributed by atoms with Crippen molar-refractivity contribution >= 4 is 18.0 Å². The molecule has 7 nitrogen and oxygen atoms in total. The van der Waals surface area contributed by atoms with E-state index in [1.807, 2.05) is 24.3 Å². The quantitative estimate of drug-likeness (QED) is 0.672. The van der Waals surface area contributed by atoms with Gasteiger partial charge in [-0.05, 0) is 47.9 Å². The van der Waals surface area contributed by atoms with Crippen LogP contribution in [-0.4, -0.2) is 53.2 Å². The number of carboxylic acid groups (broad SMARTS) is 1. The summed E-state index contributed by atoms with van der Waals surface area (Å²) in [6, 6.07) is 16.0. The summed E-state index contributed by atoms with van der Waals surface area (Å²) in [6.45, 7) is -0.0595. The highest BCUT2D eigenvalue weighted by Gasteiger charge is 2.42. The highest BCUT2D eigenvalue weighted by Crippen LogP contribution is 2.44. The van der Waals surface area contributed by atoms with E-state index < -0.39 is 18.0 Å². The Hall–Kier alpha value is -3.35. The van der Waals surface area contributed by atoms with E-state index in [9.17, 15) is 19.5 Å². The lowest BCUT2D eigenvalue weighted by atomic mass is 9.98. The maximum absolute atomic E-state index is 13.1. The summed E-state index contributed by atoms with van der Waals surface area (Å²) in [4.78, 5) is 38.5. The summed E-state index contributed by atoms with van der Waals surface area (Å²) in [5, 5.41) is 12.1. The van der Waals surface area contributed by atoms with Crippen molar-refractivity contribution in [1.29, 1.82) is 0 Å². The molecular weight excluding hydrogens is 420 g/mol. The van der Waals surface area contributed by atoms with Crippen LogP contribution < -0.4 is 5.32 Å². The van der Waals surface area contributed by atoms with E-state index in [0.717, 1.165) is 30.4 Å². The minimum atomic E-state index is -1.01. The van der Waals surface area contributed by atoms with Gasteiger partial charge in [0.2, 0.25) is 5.91 Å². The van der Waals surface area contributed by atoms with Gasteiger partial charge in [0.25, 0.3) is 0 Å². The minimum Gasteiger partial charge on any atom is -0.480 e. The number of rotatable bonds is 7. The first-order valence-electron chi connectivity index (χ1n) is 11.7. The zero-order valence-electron chi connectivity index (χ0n) is 18.4. The zero-order chi connectivity index (χ0) is 22.9. The topological polar surface area (TPSA) is 95.9 Å². The van der Waals surface area contributed by atoms with E-state index in [1.54, 1.807) is 0 Å². The Balaban J connectivity index is 1.22. The monoisotopic (exact) mass is 448 g/mol. The lowest BCUT2D eigenvalue weighted by Crippen LogP contribution is -2.48. The van der Waals surface area contributed by atoms with Crippen molar-refractivity contribution in [2.45, 2.75) is 50.1 Å². The molecule has 3 aliphatic rings. The second kappa shape index (κ2) is 8.89. The van der Waals surface area contributed by atoms with Crippen molar-refractivity contribution in [2.24, 2.45) is 5.92 Å². The number of carbonyl (C=O) groups excluding carboxylic acids is 2. The molecule has 33 heavy (non-hydrogen) atoms. The van der Waals surface area contributed by atoms with Crippen molar-refractivity contribution in [1.82, 2.24) is 10.2 Å². The SMILES string of the molecule is O=C(O)CN(C(=O)[C@H]1CCC[C@H]1NC(=O)OCC1c2ccccc2-c2ccccc21)C1CC1. The van der Waals surface area contributed by atoms with Crippen molar-refractivity contribution in [3.05, 3.63) is 59.7 Å². The molecule has 0 aromatic heterocycles. The number of alkyl carbamates (subject to hydrolysis) is 1. The average molecular weight is 449 g/mol. The minimum absolute atomic E-state index is 0.0179. The molecule has 2 aromatic rings.